The number of rotatable bonds is 2. The van der Waals surface area contributed by atoms with Gasteiger partial charge in [0.25, 0.3) is 5.91 Å². The van der Waals surface area contributed by atoms with Crippen molar-refractivity contribution in [3.8, 4) is 0 Å². The lowest BCUT2D eigenvalue weighted by Gasteiger charge is -2.33. The molecule has 1 fully saturated rings. The summed E-state index contributed by atoms with van der Waals surface area (Å²) in [5.74, 6) is 0.0236. The van der Waals surface area contributed by atoms with Gasteiger partial charge in [-0.2, -0.15) is 0 Å². The molecular formula is C16H16BrClN2O2. The maximum atomic E-state index is 12.7. The van der Waals surface area contributed by atoms with E-state index in [4.69, 9.17) is 16.3 Å². The summed E-state index contributed by atoms with van der Waals surface area (Å²) in [6.07, 6.45) is 1.77. The molecule has 1 aromatic heterocycles. The van der Waals surface area contributed by atoms with Crippen molar-refractivity contribution >= 4 is 33.4 Å². The molecule has 3 rings (SSSR count). The molecule has 1 atom stereocenters. The number of nitrogens with zero attached hydrogens (tertiary/aromatic N) is 2. The molecule has 1 amide bonds. The smallest absolute Gasteiger partial charge is 0.270 e. The molecule has 1 saturated heterocycles. The van der Waals surface area contributed by atoms with Crippen LogP contribution in [-0.2, 0) is 11.8 Å². The first kappa shape index (κ1) is 15.6. The number of hydrogen-bond acceptors (Lipinski definition) is 2. The summed E-state index contributed by atoms with van der Waals surface area (Å²) < 4.78 is 8.54. The Morgan fingerprint density at radius 2 is 2.09 bits per heavy atom. The third-order valence-electron chi connectivity index (χ3n) is 3.79. The van der Waals surface area contributed by atoms with Crippen LogP contribution in [-0.4, -0.2) is 35.1 Å². The van der Waals surface area contributed by atoms with E-state index >= 15 is 0 Å². The van der Waals surface area contributed by atoms with Crippen LogP contribution in [0.5, 0.6) is 0 Å². The number of aryl methyl sites for hydroxylation is 1. The van der Waals surface area contributed by atoms with Crippen LogP contribution in [0.25, 0.3) is 0 Å². The maximum absolute atomic E-state index is 12.7. The summed E-state index contributed by atoms with van der Waals surface area (Å²) >= 11 is 9.32. The SMILES string of the molecule is Cn1cc(Br)cc1C(=O)N1CCOC(c2ccc(Cl)cc2)C1. The van der Waals surface area contributed by atoms with Crippen LogP contribution in [0.3, 0.4) is 0 Å². The van der Waals surface area contributed by atoms with Crippen LogP contribution in [0.1, 0.15) is 22.2 Å². The van der Waals surface area contributed by atoms with Crippen LogP contribution in [0.2, 0.25) is 5.02 Å². The first-order chi connectivity index (χ1) is 10.5. The first-order valence-electron chi connectivity index (χ1n) is 7.03. The highest BCUT2D eigenvalue weighted by Crippen LogP contribution is 2.25. The van der Waals surface area contributed by atoms with Crippen LogP contribution >= 0.6 is 27.5 Å². The van der Waals surface area contributed by atoms with Crippen molar-refractivity contribution < 1.29 is 9.53 Å². The average molecular weight is 384 g/mol. The zero-order chi connectivity index (χ0) is 15.7. The zero-order valence-electron chi connectivity index (χ0n) is 12.1. The lowest BCUT2D eigenvalue weighted by atomic mass is 10.1. The fraction of sp³-hybridized carbons (Fsp3) is 0.312. The van der Waals surface area contributed by atoms with Gasteiger partial charge < -0.3 is 14.2 Å². The first-order valence-corrected chi connectivity index (χ1v) is 8.20. The number of aromatic nitrogens is 1. The predicted molar refractivity (Wildman–Crippen MR) is 89.2 cm³/mol. The van der Waals surface area contributed by atoms with Gasteiger partial charge >= 0.3 is 0 Å². The van der Waals surface area contributed by atoms with Crippen molar-refractivity contribution in [1.82, 2.24) is 9.47 Å². The van der Waals surface area contributed by atoms with Crippen LogP contribution in [0.4, 0.5) is 0 Å². The molecule has 22 heavy (non-hydrogen) atoms. The summed E-state index contributed by atoms with van der Waals surface area (Å²) in [6.45, 7) is 1.68. The standard InChI is InChI=1S/C16H16BrClN2O2/c1-19-9-12(17)8-14(19)16(21)20-6-7-22-15(10-20)11-2-4-13(18)5-3-11/h2-5,8-9,15H,6-7,10H2,1H3. The van der Waals surface area contributed by atoms with E-state index in [1.807, 2.05) is 53.0 Å². The molecule has 2 heterocycles. The molecule has 0 aliphatic carbocycles. The highest BCUT2D eigenvalue weighted by atomic mass is 79.9. The summed E-state index contributed by atoms with van der Waals surface area (Å²) in [4.78, 5) is 14.5. The monoisotopic (exact) mass is 382 g/mol. The second-order valence-electron chi connectivity index (χ2n) is 5.32. The van der Waals surface area contributed by atoms with Crippen molar-refractivity contribution in [1.29, 1.82) is 0 Å². The molecule has 0 saturated carbocycles. The average Bonchev–Trinajstić information content (AvgIpc) is 2.86. The molecule has 0 radical (unpaired) electrons. The molecule has 1 unspecified atom stereocenters. The molecule has 1 aliphatic rings. The largest absolute Gasteiger partial charge is 0.370 e. The van der Waals surface area contributed by atoms with E-state index in [0.717, 1.165) is 10.0 Å². The Labute approximate surface area is 142 Å². The summed E-state index contributed by atoms with van der Waals surface area (Å²) in [5, 5.41) is 0.696. The number of amides is 1. The maximum Gasteiger partial charge on any atom is 0.270 e. The van der Waals surface area contributed by atoms with Crippen molar-refractivity contribution in [3.05, 3.63) is 57.3 Å². The number of ether oxygens (including phenoxy) is 1. The molecule has 1 aromatic carbocycles. The van der Waals surface area contributed by atoms with Crippen LogP contribution < -0.4 is 0 Å². The fourth-order valence-corrected chi connectivity index (χ4v) is 3.26. The minimum atomic E-state index is -0.112. The normalized spacial score (nSPS) is 18.5. The number of hydrogen-bond donors (Lipinski definition) is 0. The molecule has 0 spiro atoms. The van der Waals surface area contributed by atoms with E-state index in [1.165, 1.54) is 0 Å². The number of carbonyl (C=O) groups excluding carboxylic acids is 1. The molecule has 2 aromatic rings. The Morgan fingerprint density at radius 3 is 2.73 bits per heavy atom. The van der Waals surface area contributed by atoms with E-state index in [9.17, 15) is 4.79 Å². The molecule has 116 valence electrons. The minimum absolute atomic E-state index is 0.0236. The number of halogens is 2. The Bertz CT molecular complexity index is 684. The molecule has 6 heteroatoms. The van der Waals surface area contributed by atoms with Crippen LogP contribution in [0.15, 0.2) is 41.0 Å². The van der Waals surface area contributed by atoms with E-state index in [0.29, 0.717) is 30.4 Å². The Kier molecular flexibility index (Phi) is 4.57. The van der Waals surface area contributed by atoms with Gasteiger partial charge in [0.05, 0.1) is 13.2 Å². The molecule has 0 bridgehead atoms. The summed E-state index contributed by atoms with van der Waals surface area (Å²) in [5.41, 5.74) is 1.71. The summed E-state index contributed by atoms with van der Waals surface area (Å²) in [7, 11) is 1.87. The zero-order valence-corrected chi connectivity index (χ0v) is 14.5. The third-order valence-corrected chi connectivity index (χ3v) is 4.47. The number of benzene rings is 1. The predicted octanol–water partition coefficient (Wildman–Crippen LogP) is 3.65. The van der Waals surface area contributed by atoms with Crippen molar-refractivity contribution in [2.45, 2.75) is 6.10 Å². The van der Waals surface area contributed by atoms with Gasteiger partial charge in [0.15, 0.2) is 0 Å². The lowest BCUT2D eigenvalue weighted by Crippen LogP contribution is -2.42. The topological polar surface area (TPSA) is 34.5 Å². The highest BCUT2D eigenvalue weighted by molar-refractivity contribution is 9.10. The van der Waals surface area contributed by atoms with Gasteiger partial charge in [0.2, 0.25) is 0 Å². The Balaban J connectivity index is 1.76. The van der Waals surface area contributed by atoms with Crippen molar-refractivity contribution in [3.63, 3.8) is 0 Å². The Hall–Kier alpha value is -1.30. The van der Waals surface area contributed by atoms with Crippen molar-refractivity contribution in [2.24, 2.45) is 7.05 Å². The van der Waals surface area contributed by atoms with Gasteiger partial charge in [0.1, 0.15) is 11.8 Å². The van der Waals surface area contributed by atoms with Gasteiger partial charge in [0, 0.05) is 29.3 Å². The lowest BCUT2D eigenvalue weighted by molar-refractivity contribution is -0.0231. The molecule has 1 aliphatic heterocycles. The quantitative estimate of drug-likeness (QED) is 0.793. The molecule has 0 N–H and O–H groups in total. The van der Waals surface area contributed by atoms with E-state index in [2.05, 4.69) is 15.9 Å². The fourth-order valence-electron chi connectivity index (χ4n) is 2.61. The number of morpholine rings is 1. The molecule has 4 nitrogen and oxygen atoms in total. The van der Waals surface area contributed by atoms with Gasteiger partial charge in [-0.1, -0.05) is 23.7 Å². The van der Waals surface area contributed by atoms with Gasteiger partial charge in [-0.05, 0) is 39.7 Å². The second kappa shape index (κ2) is 6.44. The van der Waals surface area contributed by atoms with Gasteiger partial charge in [-0.25, -0.2) is 0 Å². The highest BCUT2D eigenvalue weighted by Gasteiger charge is 2.27. The van der Waals surface area contributed by atoms with E-state index in [-0.39, 0.29) is 12.0 Å². The van der Waals surface area contributed by atoms with E-state index in [1.54, 1.807) is 0 Å². The second-order valence-corrected chi connectivity index (χ2v) is 6.67. The van der Waals surface area contributed by atoms with E-state index < -0.39 is 0 Å². The number of carbonyl (C=O) groups is 1. The minimum Gasteiger partial charge on any atom is -0.370 e. The van der Waals surface area contributed by atoms with Crippen molar-refractivity contribution in [2.75, 3.05) is 19.7 Å². The van der Waals surface area contributed by atoms with Gasteiger partial charge in [-0.15, -0.1) is 0 Å². The van der Waals surface area contributed by atoms with Crippen LogP contribution in [0, 0.1) is 0 Å². The van der Waals surface area contributed by atoms with Gasteiger partial charge in [-0.3, -0.25) is 4.79 Å². The molecular weight excluding hydrogens is 368 g/mol. The Morgan fingerprint density at radius 1 is 1.36 bits per heavy atom. The summed E-state index contributed by atoms with van der Waals surface area (Å²) in [6, 6.07) is 9.42. The third kappa shape index (κ3) is 3.21.